The molecule has 0 radical (unpaired) electrons. The Bertz CT molecular complexity index is 620. The summed E-state index contributed by atoms with van der Waals surface area (Å²) in [5.41, 5.74) is -0.553. The van der Waals surface area contributed by atoms with Crippen LogP contribution in [0.1, 0.15) is 24.8 Å². The highest BCUT2D eigenvalue weighted by molar-refractivity contribution is 5.75. The lowest BCUT2D eigenvalue weighted by Crippen LogP contribution is -2.04. The number of carbonyl (C=O) groups is 1. The number of carbonyl (C=O) groups excluding carboxylic acids is 1. The van der Waals surface area contributed by atoms with Gasteiger partial charge in [-0.15, -0.1) is 0 Å². The van der Waals surface area contributed by atoms with Crippen molar-refractivity contribution in [3.05, 3.63) is 35.7 Å². The molecule has 2 aromatic rings. The highest BCUT2D eigenvalue weighted by Crippen LogP contribution is 2.31. The first kappa shape index (κ1) is 14.2. The summed E-state index contributed by atoms with van der Waals surface area (Å²) < 4.78 is 42.7. The van der Waals surface area contributed by atoms with Crippen LogP contribution in [0.5, 0.6) is 0 Å². The van der Waals surface area contributed by atoms with Crippen LogP contribution in [0.4, 0.5) is 13.2 Å². The Balaban J connectivity index is 2.22. The molecule has 0 aliphatic heterocycles. The molecule has 4 nitrogen and oxygen atoms in total. The van der Waals surface area contributed by atoms with Crippen molar-refractivity contribution in [3.63, 3.8) is 0 Å². The summed E-state index contributed by atoms with van der Waals surface area (Å²) in [5.74, 6) is 0.283. The van der Waals surface area contributed by atoms with Gasteiger partial charge >= 0.3 is 6.18 Å². The molecule has 1 heterocycles. The summed E-state index contributed by atoms with van der Waals surface area (Å²) in [7, 11) is 0. The molecule has 0 fully saturated rings. The summed E-state index contributed by atoms with van der Waals surface area (Å²) in [6, 6.07) is 4.68. The van der Waals surface area contributed by atoms with Crippen LogP contribution >= 0.6 is 0 Å². The van der Waals surface area contributed by atoms with E-state index in [2.05, 4.69) is 10.1 Å². The Morgan fingerprint density at radius 2 is 2.10 bits per heavy atom. The Morgan fingerprint density at radius 1 is 1.35 bits per heavy atom. The second kappa shape index (κ2) is 5.44. The van der Waals surface area contributed by atoms with Gasteiger partial charge in [0.15, 0.2) is 0 Å². The number of ketones is 1. The summed E-state index contributed by atoms with van der Waals surface area (Å²) in [5, 5.41) is 3.62. The lowest BCUT2D eigenvalue weighted by atomic mass is 10.1. The number of halogens is 3. The minimum absolute atomic E-state index is 0.0242. The van der Waals surface area contributed by atoms with Crippen LogP contribution in [0.3, 0.4) is 0 Å². The van der Waals surface area contributed by atoms with Gasteiger partial charge in [0.05, 0.1) is 5.56 Å². The van der Waals surface area contributed by atoms with Crippen molar-refractivity contribution in [2.45, 2.75) is 25.9 Å². The van der Waals surface area contributed by atoms with Gasteiger partial charge in [-0.05, 0) is 19.1 Å². The number of benzene rings is 1. The van der Waals surface area contributed by atoms with Gasteiger partial charge in [0.2, 0.25) is 11.7 Å². The van der Waals surface area contributed by atoms with E-state index in [1.807, 2.05) is 0 Å². The first-order chi connectivity index (χ1) is 9.36. The molecule has 0 N–H and O–H groups in total. The second-order valence-electron chi connectivity index (χ2n) is 4.29. The predicted octanol–water partition coefficient (Wildman–Crippen LogP) is 3.28. The van der Waals surface area contributed by atoms with Gasteiger partial charge in [0.25, 0.3) is 0 Å². The van der Waals surface area contributed by atoms with Crippen molar-refractivity contribution in [3.8, 4) is 11.4 Å². The molecule has 7 heteroatoms. The average Bonchev–Trinajstić information content (AvgIpc) is 2.84. The van der Waals surface area contributed by atoms with Crippen LogP contribution in [0.15, 0.2) is 28.8 Å². The number of rotatable bonds is 4. The Hall–Kier alpha value is -2.18. The fourth-order valence-electron chi connectivity index (χ4n) is 1.59. The van der Waals surface area contributed by atoms with E-state index in [-0.39, 0.29) is 35.9 Å². The van der Waals surface area contributed by atoms with Crippen LogP contribution in [-0.4, -0.2) is 15.9 Å². The second-order valence-corrected chi connectivity index (χ2v) is 4.29. The number of aryl methyl sites for hydroxylation is 1. The maximum atomic E-state index is 12.6. The molecule has 20 heavy (non-hydrogen) atoms. The number of aromatic nitrogens is 2. The zero-order valence-corrected chi connectivity index (χ0v) is 10.6. The van der Waals surface area contributed by atoms with Crippen molar-refractivity contribution < 1.29 is 22.5 Å². The largest absolute Gasteiger partial charge is 0.416 e. The van der Waals surface area contributed by atoms with Gasteiger partial charge in [-0.25, -0.2) is 0 Å². The first-order valence-electron chi connectivity index (χ1n) is 5.86. The van der Waals surface area contributed by atoms with Gasteiger partial charge in [0, 0.05) is 18.4 Å². The number of hydrogen-bond acceptors (Lipinski definition) is 4. The van der Waals surface area contributed by atoms with Crippen molar-refractivity contribution in [2.24, 2.45) is 0 Å². The van der Waals surface area contributed by atoms with E-state index < -0.39 is 11.7 Å². The van der Waals surface area contributed by atoms with Gasteiger partial charge < -0.3 is 9.32 Å². The quantitative estimate of drug-likeness (QED) is 0.864. The monoisotopic (exact) mass is 284 g/mol. The van der Waals surface area contributed by atoms with E-state index in [0.717, 1.165) is 12.1 Å². The predicted molar refractivity (Wildman–Crippen MR) is 63.7 cm³/mol. The molecule has 0 unspecified atom stereocenters. The van der Waals surface area contributed by atoms with E-state index in [1.54, 1.807) is 0 Å². The van der Waals surface area contributed by atoms with Crippen LogP contribution in [0.25, 0.3) is 11.4 Å². The molecule has 0 aliphatic rings. The summed E-state index contributed by atoms with van der Waals surface area (Å²) in [6.45, 7) is 1.43. The van der Waals surface area contributed by atoms with Crippen molar-refractivity contribution in [2.75, 3.05) is 0 Å². The van der Waals surface area contributed by atoms with E-state index >= 15 is 0 Å². The fourth-order valence-corrected chi connectivity index (χ4v) is 1.59. The number of Topliss-reactive ketones (excluding diaryl/α,β-unsaturated/α-hetero) is 1. The highest BCUT2D eigenvalue weighted by atomic mass is 19.4. The average molecular weight is 284 g/mol. The highest BCUT2D eigenvalue weighted by Gasteiger charge is 2.30. The first-order valence-corrected chi connectivity index (χ1v) is 5.86. The molecule has 1 aromatic carbocycles. The standard InChI is InChI=1S/C13H11F3N2O2/c1-8(19)5-6-11-17-12(18-20-11)9-3-2-4-10(7-9)13(14,15)16/h2-4,7H,5-6H2,1H3. The lowest BCUT2D eigenvalue weighted by Gasteiger charge is -2.06. The zero-order valence-electron chi connectivity index (χ0n) is 10.6. The minimum Gasteiger partial charge on any atom is -0.339 e. The Labute approximate surface area is 112 Å². The molecule has 0 atom stereocenters. The van der Waals surface area contributed by atoms with Crippen LogP contribution < -0.4 is 0 Å². The van der Waals surface area contributed by atoms with Crippen molar-refractivity contribution in [1.82, 2.24) is 10.1 Å². The fraction of sp³-hybridized carbons (Fsp3) is 0.308. The van der Waals surface area contributed by atoms with Gasteiger partial charge in [-0.3, -0.25) is 0 Å². The van der Waals surface area contributed by atoms with Crippen LogP contribution in [0, 0.1) is 0 Å². The maximum Gasteiger partial charge on any atom is 0.416 e. The van der Waals surface area contributed by atoms with Gasteiger partial charge in [-0.1, -0.05) is 17.3 Å². The van der Waals surface area contributed by atoms with Crippen molar-refractivity contribution in [1.29, 1.82) is 0 Å². The number of alkyl halides is 3. The third kappa shape index (κ3) is 3.43. The molecule has 106 valence electrons. The third-order valence-corrected chi connectivity index (χ3v) is 2.61. The Kier molecular flexibility index (Phi) is 3.87. The smallest absolute Gasteiger partial charge is 0.339 e. The molecule has 0 spiro atoms. The minimum atomic E-state index is -4.42. The maximum absolute atomic E-state index is 12.6. The SMILES string of the molecule is CC(=O)CCc1nc(-c2cccc(C(F)(F)F)c2)no1. The molecule has 2 rings (SSSR count). The van der Waals surface area contributed by atoms with Gasteiger partial charge in [-0.2, -0.15) is 18.2 Å². The number of hydrogen-bond donors (Lipinski definition) is 0. The van der Waals surface area contributed by atoms with E-state index in [9.17, 15) is 18.0 Å². The topological polar surface area (TPSA) is 56.0 Å². The molecule has 0 amide bonds. The molecular weight excluding hydrogens is 273 g/mol. The van der Waals surface area contributed by atoms with Crippen molar-refractivity contribution >= 4 is 5.78 Å². The lowest BCUT2D eigenvalue weighted by molar-refractivity contribution is -0.137. The molecule has 0 bridgehead atoms. The third-order valence-electron chi connectivity index (χ3n) is 2.61. The van der Waals surface area contributed by atoms with Gasteiger partial charge in [0.1, 0.15) is 5.78 Å². The number of nitrogens with zero attached hydrogens (tertiary/aromatic N) is 2. The van der Waals surface area contributed by atoms with Crippen LogP contribution in [-0.2, 0) is 17.4 Å². The van der Waals surface area contributed by atoms with E-state index in [0.29, 0.717) is 0 Å². The molecule has 1 aromatic heterocycles. The Morgan fingerprint density at radius 3 is 2.75 bits per heavy atom. The molecule has 0 saturated carbocycles. The molecule has 0 saturated heterocycles. The van der Waals surface area contributed by atoms with E-state index in [1.165, 1.54) is 19.1 Å². The normalized spacial score (nSPS) is 11.6. The summed E-state index contributed by atoms with van der Waals surface area (Å²) >= 11 is 0. The molecular formula is C13H11F3N2O2. The summed E-state index contributed by atoms with van der Waals surface area (Å²) in [6.07, 6.45) is -3.89. The van der Waals surface area contributed by atoms with Crippen LogP contribution in [0.2, 0.25) is 0 Å². The summed E-state index contributed by atoms with van der Waals surface area (Å²) in [4.78, 5) is 14.8. The van der Waals surface area contributed by atoms with E-state index in [4.69, 9.17) is 4.52 Å². The molecule has 0 aliphatic carbocycles. The zero-order chi connectivity index (χ0) is 14.8.